The first-order chi connectivity index (χ1) is 8.53. The summed E-state index contributed by atoms with van der Waals surface area (Å²) in [6, 6.07) is 5.02. The molecule has 0 bridgehead atoms. The van der Waals surface area contributed by atoms with Gasteiger partial charge in [-0.15, -0.1) is 0 Å². The van der Waals surface area contributed by atoms with E-state index >= 15 is 0 Å². The predicted octanol–water partition coefficient (Wildman–Crippen LogP) is 1.66. The first-order valence-corrected chi connectivity index (χ1v) is 6.01. The highest BCUT2D eigenvalue weighted by Crippen LogP contribution is 2.33. The van der Waals surface area contributed by atoms with Gasteiger partial charge in [-0.1, -0.05) is 0 Å². The lowest BCUT2D eigenvalue weighted by molar-refractivity contribution is -0.116. The van der Waals surface area contributed by atoms with Crippen LogP contribution >= 0.6 is 22.6 Å². The lowest BCUT2D eigenvalue weighted by atomic mass is 10.1. The molecule has 0 radical (unpaired) electrons. The lowest BCUT2D eigenvalue weighted by Crippen LogP contribution is -2.19. The van der Waals surface area contributed by atoms with Crippen molar-refractivity contribution in [3.63, 3.8) is 0 Å². The third kappa shape index (κ3) is 3.13. The van der Waals surface area contributed by atoms with E-state index in [1.54, 1.807) is 12.1 Å². The van der Waals surface area contributed by atoms with Crippen LogP contribution in [0.5, 0.6) is 11.5 Å². The van der Waals surface area contributed by atoms with Crippen molar-refractivity contribution >= 4 is 34.6 Å². The summed E-state index contributed by atoms with van der Waals surface area (Å²) < 4.78 is 5.58. The lowest BCUT2D eigenvalue weighted by Gasteiger charge is -2.07. The Morgan fingerprint density at radius 3 is 2.78 bits per heavy atom. The second-order valence-corrected chi connectivity index (χ2v) is 4.46. The maximum absolute atomic E-state index is 11.4. The van der Waals surface area contributed by atoms with Crippen molar-refractivity contribution in [3.05, 3.63) is 26.8 Å². The number of halogens is 1. The summed E-state index contributed by atoms with van der Waals surface area (Å²) in [4.78, 5) is 11.4. The highest BCUT2D eigenvalue weighted by molar-refractivity contribution is 14.1. The van der Waals surface area contributed by atoms with Crippen molar-refractivity contribution in [2.24, 2.45) is 0 Å². The molecule has 1 aromatic rings. The highest BCUT2D eigenvalue weighted by Gasteiger charge is 2.10. The molecule has 0 aromatic heterocycles. The summed E-state index contributed by atoms with van der Waals surface area (Å²) in [5, 5.41) is 20.9. The number of nitrogens with zero attached hydrogens (tertiary/aromatic N) is 1. The number of hydrogen-bond acceptors (Lipinski definition) is 4. The van der Waals surface area contributed by atoms with Crippen LogP contribution in [0.25, 0.3) is 6.08 Å². The molecule has 2 N–H and O–H groups in total. The number of methoxy groups -OCH3 is 1. The first-order valence-electron chi connectivity index (χ1n) is 4.93. The number of hydrogen-bond donors (Lipinski definition) is 2. The Morgan fingerprint density at radius 1 is 1.61 bits per heavy atom. The smallest absolute Gasteiger partial charge is 0.261 e. The summed E-state index contributed by atoms with van der Waals surface area (Å²) in [5.74, 6) is -0.129. The number of phenols is 1. The zero-order chi connectivity index (χ0) is 13.7. The van der Waals surface area contributed by atoms with Gasteiger partial charge in [0.2, 0.25) is 0 Å². The largest absolute Gasteiger partial charge is 0.504 e. The fourth-order valence-corrected chi connectivity index (χ4v) is 1.91. The van der Waals surface area contributed by atoms with E-state index in [9.17, 15) is 9.90 Å². The summed E-state index contributed by atoms with van der Waals surface area (Å²) in [5.41, 5.74) is 0.593. The number of carbonyl (C=O) groups excluding carboxylic acids is 1. The molecule has 5 nitrogen and oxygen atoms in total. The number of nitrogens with one attached hydrogen (secondary N) is 1. The minimum absolute atomic E-state index is 0.0129. The van der Waals surface area contributed by atoms with Crippen LogP contribution in [0.15, 0.2) is 17.7 Å². The number of amides is 1. The van der Waals surface area contributed by atoms with E-state index in [2.05, 4.69) is 5.32 Å². The quantitative estimate of drug-likeness (QED) is 0.489. The van der Waals surface area contributed by atoms with Crippen LogP contribution in [0.3, 0.4) is 0 Å². The van der Waals surface area contributed by atoms with E-state index in [1.807, 2.05) is 28.7 Å². The molecular weight excluding hydrogens is 347 g/mol. The Hall–Kier alpha value is -1.75. The fourth-order valence-electron chi connectivity index (χ4n) is 1.28. The van der Waals surface area contributed by atoms with Gasteiger partial charge in [0.25, 0.3) is 5.91 Å². The highest BCUT2D eigenvalue weighted by atomic mass is 127. The summed E-state index contributed by atoms with van der Waals surface area (Å²) in [7, 11) is 2.89. The minimum Gasteiger partial charge on any atom is -0.504 e. The van der Waals surface area contributed by atoms with E-state index in [0.29, 0.717) is 14.9 Å². The number of rotatable bonds is 3. The van der Waals surface area contributed by atoms with Gasteiger partial charge in [-0.2, -0.15) is 5.26 Å². The third-order valence-electron chi connectivity index (χ3n) is 2.17. The molecule has 0 aliphatic rings. The van der Waals surface area contributed by atoms with Gasteiger partial charge >= 0.3 is 0 Å². The number of likely N-dealkylation sites (N-methyl/N-ethyl adjacent to an activating group) is 1. The van der Waals surface area contributed by atoms with Gasteiger partial charge in [0.15, 0.2) is 11.5 Å². The van der Waals surface area contributed by atoms with Gasteiger partial charge in [-0.25, -0.2) is 0 Å². The number of ether oxygens (including phenoxy) is 1. The van der Waals surface area contributed by atoms with Crippen molar-refractivity contribution in [2.75, 3.05) is 14.2 Å². The fraction of sp³-hybridized carbons (Fsp3) is 0.167. The second-order valence-electron chi connectivity index (χ2n) is 3.30. The van der Waals surface area contributed by atoms with Crippen molar-refractivity contribution in [2.45, 2.75) is 0 Å². The maximum Gasteiger partial charge on any atom is 0.261 e. The molecule has 94 valence electrons. The second kappa shape index (κ2) is 6.26. The van der Waals surface area contributed by atoms with Gasteiger partial charge in [0.1, 0.15) is 11.6 Å². The molecule has 6 heteroatoms. The monoisotopic (exact) mass is 358 g/mol. The Balaban J connectivity index is 3.27. The van der Waals surface area contributed by atoms with Crippen molar-refractivity contribution in [3.8, 4) is 17.6 Å². The molecule has 0 spiro atoms. The van der Waals surface area contributed by atoms with Crippen molar-refractivity contribution in [1.82, 2.24) is 5.32 Å². The SMILES string of the molecule is CNC(=O)/C(C#N)=C/c1cc(I)c(O)c(OC)c1. The Morgan fingerprint density at radius 2 is 2.28 bits per heavy atom. The van der Waals surface area contributed by atoms with Crippen LogP contribution in [0, 0.1) is 14.9 Å². The van der Waals surface area contributed by atoms with Gasteiger partial charge in [-0.05, 0) is 46.4 Å². The average molecular weight is 358 g/mol. The molecule has 0 saturated carbocycles. The molecule has 1 aromatic carbocycles. The molecule has 0 unspecified atom stereocenters. The Labute approximate surface area is 118 Å². The van der Waals surface area contributed by atoms with Crippen LogP contribution in [-0.4, -0.2) is 25.2 Å². The molecule has 1 amide bonds. The van der Waals surface area contributed by atoms with E-state index in [4.69, 9.17) is 10.00 Å². The number of benzene rings is 1. The van der Waals surface area contributed by atoms with Crippen LogP contribution in [0.2, 0.25) is 0 Å². The normalized spacial score (nSPS) is 10.7. The van der Waals surface area contributed by atoms with E-state index in [-0.39, 0.29) is 11.3 Å². The maximum atomic E-state index is 11.4. The number of carbonyl (C=O) groups is 1. The number of aromatic hydroxyl groups is 1. The molecule has 1 rings (SSSR count). The van der Waals surface area contributed by atoms with Crippen LogP contribution < -0.4 is 10.1 Å². The first kappa shape index (κ1) is 14.3. The minimum atomic E-state index is -0.459. The summed E-state index contributed by atoms with van der Waals surface area (Å²) in [6.07, 6.45) is 1.43. The molecule has 0 heterocycles. The molecule has 0 aliphatic heterocycles. The van der Waals surface area contributed by atoms with Gasteiger partial charge in [0, 0.05) is 7.05 Å². The molecular formula is C12H11IN2O3. The third-order valence-corrected chi connectivity index (χ3v) is 3.00. The zero-order valence-electron chi connectivity index (χ0n) is 9.82. The molecule has 0 fully saturated rings. The summed E-state index contributed by atoms with van der Waals surface area (Å²) in [6.45, 7) is 0. The number of phenolic OH excluding ortho intramolecular Hbond substituents is 1. The average Bonchev–Trinajstić information content (AvgIpc) is 2.38. The van der Waals surface area contributed by atoms with Crippen LogP contribution in [0.1, 0.15) is 5.56 Å². The van der Waals surface area contributed by atoms with Crippen LogP contribution in [0.4, 0.5) is 0 Å². The topological polar surface area (TPSA) is 82.4 Å². The Kier molecular flexibility index (Phi) is 4.97. The van der Waals surface area contributed by atoms with Crippen LogP contribution in [-0.2, 0) is 4.79 Å². The van der Waals surface area contributed by atoms with Gasteiger partial charge in [0.05, 0.1) is 10.7 Å². The van der Waals surface area contributed by atoms with E-state index < -0.39 is 5.91 Å². The Bertz CT molecular complexity index is 547. The van der Waals surface area contributed by atoms with E-state index in [0.717, 1.165) is 0 Å². The van der Waals surface area contributed by atoms with E-state index in [1.165, 1.54) is 20.2 Å². The predicted molar refractivity (Wildman–Crippen MR) is 75.0 cm³/mol. The molecule has 18 heavy (non-hydrogen) atoms. The molecule has 0 aliphatic carbocycles. The van der Waals surface area contributed by atoms with Gasteiger partial charge < -0.3 is 15.2 Å². The number of nitriles is 1. The van der Waals surface area contributed by atoms with Crippen molar-refractivity contribution < 1.29 is 14.6 Å². The molecule has 0 saturated heterocycles. The standard InChI is InChI=1S/C12H11IN2O3/c1-15-12(17)8(6-14)3-7-4-9(13)11(16)10(5-7)18-2/h3-5,16H,1-2H3,(H,15,17)/b8-3+. The summed E-state index contributed by atoms with van der Waals surface area (Å²) >= 11 is 1.94. The van der Waals surface area contributed by atoms with Crippen molar-refractivity contribution in [1.29, 1.82) is 5.26 Å². The molecule has 0 atom stereocenters. The zero-order valence-corrected chi connectivity index (χ0v) is 12.0. The van der Waals surface area contributed by atoms with Gasteiger partial charge in [-0.3, -0.25) is 4.79 Å².